The van der Waals surface area contributed by atoms with Gasteiger partial charge in [0.05, 0.1) is 0 Å². The average molecular weight is 471 g/mol. The van der Waals surface area contributed by atoms with Gasteiger partial charge < -0.3 is 19.6 Å². The van der Waals surface area contributed by atoms with E-state index in [4.69, 9.17) is 5.10 Å². The number of carbonyl (C=O) groups is 1. The smallest absolute Gasteiger partial charge is 0.274 e. The Bertz CT molecular complexity index is 815. The van der Waals surface area contributed by atoms with Crippen molar-refractivity contribution in [3.05, 3.63) is 17.0 Å². The van der Waals surface area contributed by atoms with Gasteiger partial charge in [-0.15, -0.1) is 0 Å². The molecule has 1 unspecified atom stereocenters. The van der Waals surface area contributed by atoms with Crippen LogP contribution in [0.4, 0.5) is 0 Å². The van der Waals surface area contributed by atoms with Gasteiger partial charge >= 0.3 is 0 Å². The normalized spacial score (nSPS) is 26.1. The summed E-state index contributed by atoms with van der Waals surface area (Å²) in [5, 5.41) is 4.92. The molecule has 190 valence electrons. The second-order valence-electron chi connectivity index (χ2n) is 11.3. The molecule has 4 aliphatic rings. The monoisotopic (exact) mass is 470 g/mol. The van der Waals surface area contributed by atoms with Gasteiger partial charge in [-0.1, -0.05) is 6.92 Å². The fourth-order valence-corrected chi connectivity index (χ4v) is 6.69. The molecule has 5 rings (SSSR count). The lowest BCUT2D eigenvalue weighted by Crippen LogP contribution is -2.49. The summed E-state index contributed by atoms with van der Waals surface area (Å²) in [4.78, 5) is 23.4. The van der Waals surface area contributed by atoms with E-state index in [0.29, 0.717) is 6.04 Å². The Morgan fingerprint density at radius 2 is 1.68 bits per heavy atom. The largest absolute Gasteiger partial charge is 0.337 e. The van der Waals surface area contributed by atoms with Crippen LogP contribution >= 0.6 is 0 Å². The number of amides is 1. The molecule has 1 atom stereocenters. The SMILES string of the molecule is CCCn1nc(C(=O)N2CCCCC2)c2c1CCC(N1CCC(CN3CCN(C)CC3)CC1)C2. The fourth-order valence-electron chi connectivity index (χ4n) is 6.69. The van der Waals surface area contributed by atoms with Gasteiger partial charge in [-0.05, 0) is 83.8 Å². The van der Waals surface area contributed by atoms with E-state index in [1.165, 1.54) is 82.8 Å². The lowest BCUT2D eigenvalue weighted by molar-refractivity contribution is 0.0713. The Balaban J connectivity index is 1.21. The van der Waals surface area contributed by atoms with Gasteiger partial charge in [-0.3, -0.25) is 9.48 Å². The molecule has 1 aromatic rings. The van der Waals surface area contributed by atoms with Crippen LogP contribution in [-0.4, -0.2) is 107 Å². The molecule has 0 spiro atoms. The molecule has 3 saturated heterocycles. The number of piperazine rings is 1. The van der Waals surface area contributed by atoms with Crippen molar-refractivity contribution in [1.82, 2.24) is 29.4 Å². The van der Waals surface area contributed by atoms with Gasteiger partial charge in [0.2, 0.25) is 0 Å². The van der Waals surface area contributed by atoms with Crippen molar-refractivity contribution in [2.45, 2.75) is 77.3 Å². The Morgan fingerprint density at radius 1 is 0.941 bits per heavy atom. The van der Waals surface area contributed by atoms with E-state index >= 15 is 0 Å². The van der Waals surface area contributed by atoms with E-state index in [9.17, 15) is 4.79 Å². The number of fused-ring (bicyclic) bond motifs is 1. The number of nitrogens with zero attached hydrogens (tertiary/aromatic N) is 6. The van der Waals surface area contributed by atoms with Crippen LogP contribution in [-0.2, 0) is 19.4 Å². The van der Waals surface area contributed by atoms with Crippen molar-refractivity contribution in [3.63, 3.8) is 0 Å². The van der Waals surface area contributed by atoms with E-state index in [1.807, 2.05) is 0 Å². The van der Waals surface area contributed by atoms with Gasteiger partial charge in [0, 0.05) is 69.7 Å². The van der Waals surface area contributed by atoms with Crippen LogP contribution in [0.5, 0.6) is 0 Å². The number of carbonyl (C=O) groups excluding carboxylic acids is 1. The number of piperidine rings is 2. The van der Waals surface area contributed by atoms with Gasteiger partial charge in [0.1, 0.15) is 0 Å². The molecule has 3 fully saturated rings. The summed E-state index contributed by atoms with van der Waals surface area (Å²) in [7, 11) is 2.24. The highest BCUT2D eigenvalue weighted by molar-refractivity contribution is 5.94. The van der Waals surface area contributed by atoms with E-state index in [-0.39, 0.29) is 5.91 Å². The fraction of sp³-hybridized carbons (Fsp3) is 0.852. The zero-order chi connectivity index (χ0) is 23.5. The van der Waals surface area contributed by atoms with Crippen molar-refractivity contribution >= 4 is 5.91 Å². The zero-order valence-electron chi connectivity index (χ0n) is 21.7. The summed E-state index contributed by atoms with van der Waals surface area (Å²) in [6.45, 7) is 13.6. The molecule has 0 saturated carbocycles. The molecule has 0 aromatic carbocycles. The Kier molecular flexibility index (Phi) is 7.91. The van der Waals surface area contributed by atoms with Crippen LogP contribution in [0.2, 0.25) is 0 Å². The number of rotatable bonds is 6. The van der Waals surface area contributed by atoms with E-state index in [1.54, 1.807) is 0 Å². The number of hydrogen-bond acceptors (Lipinski definition) is 5. The van der Waals surface area contributed by atoms with Gasteiger partial charge in [-0.25, -0.2) is 0 Å². The van der Waals surface area contributed by atoms with Crippen LogP contribution < -0.4 is 0 Å². The topological polar surface area (TPSA) is 47.9 Å². The van der Waals surface area contributed by atoms with Gasteiger partial charge in [-0.2, -0.15) is 5.10 Å². The van der Waals surface area contributed by atoms with Gasteiger partial charge in [0.25, 0.3) is 5.91 Å². The minimum Gasteiger partial charge on any atom is -0.337 e. The van der Waals surface area contributed by atoms with Crippen LogP contribution in [0.1, 0.15) is 73.6 Å². The first-order valence-corrected chi connectivity index (χ1v) is 14.1. The molecule has 34 heavy (non-hydrogen) atoms. The Labute approximate surface area is 206 Å². The first-order chi connectivity index (χ1) is 16.6. The van der Waals surface area contributed by atoms with E-state index < -0.39 is 0 Å². The molecular weight excluding hydrogens is 424 g/mol. The summed E-state index contributed by atoms with van der Waals surface area (Å²) in [5.41, 5.74) is 3.41. The molecule has 0 bridgehead atoms. The number of aryl methyl sites for hydroxylation is 1. The van der Waals surface area contributed by atoms with Gasteiger partial charge in [0.15, 0.2) is 5.69 Å². The third-order valence-electron chi connectivity index (χ3n) is 8.88. The van der Waals surface area contributed by atoms with Crippen molar-refractivity contribution in [3.8, 4) is 0 Å². The van der Waals surface area contributed by atoms with Crippen LogP contribution in [0.15, 0.2) is 0 Å². The van der Waals surface area contributed by atoms with Crippen molar-refractivity contribution in [2.75, 3.05) is 66.0 Å². The Hall–Kier alpha value is -1.44. The van der Waals surface area contributed by atoms with Crippen molar-refractivity contribution in [2.24, 2.45) is 5.92 Å². The van der Waals surface area contributed by atoms with E-state index in [0.717, 1.165) is 63.4 Å². The number of aromatic nitrogens is 2. The lowest BCUT2D eigenvalue weighted by Gasteiger charge is -2.41. The maximum absolute atomic E-state index is 13.5. The van der Waals surface area contributed by atoms with E-state index in [2.05, 4.69) is 38.3 Å². The summed E-state index contributed by atoms with van der Waals surface area (Å²) in [6.07, 6.45) is 10.5. The highest BCUT2D eigenvalue weighted by atomic mass is 16.2. The minimum absolute atomic E-state index is 0.192. The molecule has 7 heteroatoms. The molecular formula is C27H46N6O. The summed E-state index contributed by atoms with van der Waals surface area (Å²) < 4.78 is 2.17. The van der Waals surface area contributed by atoms with Crippen molar-refractivity contribution in [1.29, 1.82) is 0 Å². The predicted octanol–water partition coefficient (Wildman–Crippen LogP) is 2.74. The first kappa shape index (κ1) is 24.3. The molecule has 1 aromatic heterocycles. The second-order valence-corrected chi connectivity index (χ2v) is 11.3. The lowest BCUT2D eigenvalue weighted by atomic mass is 9.87. The quantitative estimate of drug-likeness (QED) is 0.640. The average Bonchev–Trinajstić information content (AvgIpc) is 3.24. The molecule has 0 N–H and O–H groups in total. The first-order valence-electron chi connectivity index (χ1n) is 14.1. The third-order valence-corrected chi connectivity index (χ3v) is 8.88. The second kappa shape index (κ2) is 11.1. The highest BCUT2D eigenvalue weighted by Crippen LogP contribution is 2.31. The third kappa shape index (κ3) is 5.36. The molecule has 1 aliphatic carbocycles. The van der Waals surface area contributed by atoms with Crippen LogP contribution in [0.3, 0.4) is 0 Å². The highest BCUT2D eigenvalue weighted by Gasteiger charge is 2.35. The summed E-state index contributed by atoms with van der Waals surface area (Å²) in [5.74, 6) is 1.04. The summed E-state index contributed by atoms with van der Waals surface area (Å²) >= 11 is 0. The molecule has 3 aliphatic heterocycles. The maximum Gasteiger partial charge on any atom is 0.274 e. The zero-order valence-corrected chi connectivity index (χ0v) is 21.7. The number of hydrogen-bond donors (Lipinski definition) is 0. The number of likely N-dealkylation sites (tertiary alicyclic amines) is 2. The predicted molar refractivity (Wildman–Crippen MR) is 136 cm³/mol. The van der Waals surface area contributed by atoms with Crippen LogP contribution in [0, 0.1) is 5.92 Å². The molecule has 7 nitrogen and oxygen atoms in total. The molecule has 4 heterocycles. The summed E-state index contributed by atoms with van der Waals surface area (Å²) in [6, 6.07) is 0.573. The van der Waals surface area contributed by atoms with Crippen LogP contribution in [0.25, 0.3) is 0 Å². The molecule has 0 radical (unpaired) electrons. The maximum atomic E-state index is 13.5. The Morgan fingerprint density at radius 3 is 2.38 bits per heavy atom. The standard InChI is InChI=1S/C27H46N6O/c1-3-11-33-25-8-7-23(20-24(25)26(28-33)27(34)32-12-5-4-6-13-32)31-14-9-22(10-15-31)21-30-18-16-29(2)17-19-30/h22-23H,3-21H2,1-2H3. The molecule has 1 amide bonds. The van der Waals surface area contributed by atoms with Crippen molar-refractivity contribution < 1.29 is 4.79 Å². The minimum atomic E-state index is 0.192. The number of likely N-dealkylation sites (N-methyl/N-ethyl adjacent to an activating group) is 1.